The molecule has 1 aliphatic heterocycles. The van der Waals surface area contributed by atoms with E-state index >= 15 is 0 Å². The zero-order chi connectivity index (χ0) is 15.2. The van der Waals surface area contributed by atoms with E-state index in [0.717, 1.165) is 24.9 Å². The smallest absolute Gasteiger partial charge is 0.251 e. The van der Waals surface area contributed by atoms with E-state index in [9.17, 15) is 4.79 Å². The third-order valence-corrected chi connectivity index (χ3v) is 4.57. The van der Waals surface area contributed by atoms with E-state index in [-0.39, 0.29) is 11.9 Å². The summed E-state index contributed by atoms with van der Waals surface area (Å²) in [7, 11) is 2.18. The lowest BCUT2D eigenvalue weighted by molar-refractivity contribution is 0.0934. The molecule has 3 heteroatoms. The molecule has 0 aliphatic carbocycles. The summed E-state index contributed by atoms with van der Waals surface area (Å²) in [5.74, 6) is 0.624. The quantitative estimate of drug-likeness (QED) is 0.900. The molecule has 1 saturated heterocycles. The highest BCUT2D eigenvalue weighted by molar-refractivity contribution is 5.94. The third kappa shape index (κ3) is 4.31. The predicted molar refractivity (Wildman–Crippen MR) is 87.8 cm³/mol. The van der Waals surface area contributed by atoms with Gasteiger partial charge in [0.1, 0.15) is 0 Å². The molecular formula is C18H28N2O. The summed E-state index contributed by atoms with van der Waals surface area (Å²) in [5.41, 5.74) is 2.10. The Balaban J connectivity index is 2.08. The first-order valence-electron chi connectivity index (χ1n) is 8.23. The lowest BCUT2D eigenvalue weighted by atomic mass is 9.90. The van der Waals surface area contributed by atoms with Crippen LogP contribution in [-0.4, -0.2) is 37.0 Å². The van der Waals surface area contributed by atoms with Crippen LogP contribution in [0.5, 0.6) is 0 Å². The van der Waals surface area contributed by atoms with Crippen molar-refractivity contribution in [2.24, 2.45) is 0 Å². The van der Waals surface area contributed by atoms with Gasteiger partial charge in [-0.05, 0) is 62.9 Å². The van der Waals surface area contributed by atoms with E-state index in [0.29, 0.717) is 5.92 Å². The fraction of sp³-hybridized carbons (Fsp3) is 0.611. The maximum absolute atomic E-state index is 12.4. The van der Waals surface area contributed by atoms with E-state index in [1.165, 1.54) is 24.9 Å². The molecule has 1 N–H and O–H groups in total. The van der Waals surface area contributed by atoms with Gasteiger partial charge in [0, 0.05) is 18.2 Å². The number of piperidine rings is 1. The number of hydrogen-bond acceptors (Lipinski definition) is 2. The van der Waals surface area contributed by atoms with Crippen LogP contribution in [0.1, 0.15) is 61.4 Å². The zero-order valence-corrected chi connectivity index (χ0v) is 13.6. The number of hydrogen-bond donors (Lipinski definition) is 1. The fourth-order valence-electron chi connectivity index (χ4n) is 3.13. The van der Waals surface area contributed by atoms with Gasteiger partial charge in [0.25, 0.3) is 5.91 Å². The van der Waals surface area contributed by atoms with E-state index in [4.69, 9.17) is 0 Å². The number of likely N-dealkylation sites (tertiary alicyclic amines) is 1. The van der Waals surface area contributed by atoms with Crippen molar-refractivity contribution in [3.05, 3.63) is 35.4 Å². The molecule has 2 rings (SSSR count). The Morgan fingerprint density at radius 3 is 2.81 bits per heavy atom. The summed E-state index contributed by atoms with van der Waals surface area (Å²) in [5, 5.41) is 3.12. The lowest BCUT2D eigenvalue weighted by Gasteiger charge is -2.30. The number of carbonyl (C=O) groups is 1. The van der Waals surface area contributed by atoms with Crippen molar-refractivity contribution in [2.75, 3.05) is 20.1 Å². The first kappa shape index (κ1) is 16.0. The summed E-state index contributed by atoms with van der Waals surface area (Å²) in [4.78, 5) is 14.7. The van der Waals surface area contributed by atoms with Gasteiger partial charge in [-0.1, -0.05) is 26.0 Å². The summed E-state index contributed by atoms with van der Waals surface area (Å²) >= 11 is 0. The second-order valence-corrected chi connectivity index (χ2v) is 6.21. The van der Waals surface area contributed by atoms with Gasteiger partial charge in [0.05, 0.1) is 0 Å². The Bertz CT molecular complexity index is 468. The molecule has 1 atom stereocenters. The minimum atomic E-state index is 0.0646. The molecular weight excluding hydrogens is 260 g/mol. The van der Waals surface area contributed by atoms with Crippen LogP contribution in [0, 0.1) is 0 Å². The monoisotopic (exact) mass is 288 g/mol. The average Bonchev–Trinajstić information content (AvgIpc) is 2.52. The van der Waals surface area contributed by atoms with Gasteiger partial charge >= 0.3 is 0 Å². The Kier molecular flexibility index (Phi) is 5.80. The van der Waals surface area contributed by atoms with Crippen LogP contribution in [0.15, 0.2) is 24.3 Å². The number of nitrogens with zero attached hydrogens (tertiary/aromatic N) is 1. The standard InChI is InChI=1S/C18H28N2O/c1-4-17(5-2)19-18(21)15-9-6-8-14(12-15)16-10-7-11-20(3)13-16/h6,8-9,12,16-17H,4-5,7,10-11,13H2,1-3H3,(H,19,21). The molecule has 0 saturated carbocycles. The second-order valence-electron chi connectivity index (χ2n) is 6.21. The maximum atomic E-state index is 12.4. The summed E-state index contributed by atoms with van der Waals surface area (Å²) < 4.78 is 0. The Morgan fingerprint density at radius 1 is 1.38 bits per heavy atom. The van der Waals surface area contributed by atoms with Gasteiger partial charge in [0.2, 0.25) is 0 Å². The van der Waals surface area contributed by atoms with E-state index < -0.39 is 0 Å². The molecule has 1 aromatic carbocycles. The minimum Gasteiger partial charge on any atom is -0.349 e. The number of likely N-dealkylation sites (N-methyl/N-ethyl adjacent to an activating group) is 1. The van der Waals surface area contributed by atoms with Gasteiger partial charge < -0.3 is 10.2 Å². The molecule has 0 bridgehead atoms. The molecule has 116 valence electrons. The zero-order valence-electron chi connectivity index (χ0n) is 13.6. The molecule has 1 aliphatic rings. The van der Waals surface area contributed by atoms with Crippen LogP contribution < -0.4 is 5.32 Å². The third-order valence-electron chi connectivity index (χ3n) is 4.57. The molecule has 0 spiro atoms. The number of rotatable bonds is 5. The highest BCUT2D eigenvalue weighted by atomic mass is 16.1. The van der Waals surface area contributed by atoms with Crippen LogP contribution in [-0.2, 0) is 0 Å². The van der Waals surface area contributed by atoms with Crippen molar-refractivity contribution in [1.29, 1.82) is 0 Å². The summed E-state index contributed by atoms with van der Waals surface area (Å²) in [6.45, 7) is 6.51. The molecule has 3 nitrogen and oxygen atoms in total. The summed E-state index contributed by atoms with van der Waals surface area (Å²) in [6, 6.07) is 8.47. The van der Waals surface area contributed by atoms with Gasteiger partial charge in [-0.15, -0.1) is 0 Å². The SMILES string of the molecule is CCC(CC)NC(=O)c1cccc(C2CCCN(C)C2)c1. The minimum absolute atomic E-state index is 0.0646. The van der Waals surface area contributed by atoms with E-state index in [1.807, 2.05) is 12.1 Å². The predicted octanol–water partition coefficient (Wildman–Crippen LogP) is 3.41. The van der Waals surface area contributed by atoms with Gasteiger partial charge in [0.15, 0.2) is 0 Å². The number of nitrogens with one attached hydrogen (secondary N) is 1. The van der Waals surface area contributed by atoms with Gasteiger partial charge in [-0.2, -0.15) is 0 Å². The molecule has 1 amide bonds. The van der Waals surface area contributed by atoms with Gasteiger partial charge in [-0.3, -0.25) is 4.79 Å². The van der Waals surface area contributed by atoms with Crippen molar-refractivity contribution in [2.45, 2.75) is 51.5 Å². The lowest BCUT2D eigenvalue weighted by Crippen LogP contribution is -2.34. The van der Waals surface area contributed by atoms with E-state index in [1.54, 1.807) is 0 Å². The van der Waals surface area contributed by atoms with Crippen molar-refractivity contribution in [1.82, 2.24) is 10.2 Å². The number of carbonyl (C=O) groups excluding carboxylic acids is 1. The number of amides is 1. The molecule has 21 heavy (non-hydrogen) atoms. The largest absolute Gasteiger partial charge is 0.349 e. The fourth-order valence-corrected chi connectivity index (χ4v) is 3.13. The second kappa shape index (κ2) is 7.60. The first-order valence-corrected chi connectivity index (χ1v) is 8.23. The maximum Gasteiger partial charge on any atom is 0.251 e. The average molecular weight is 288 g/mol. The van der Waals surface area contributed by atoms with Crippen LogP contribution in [0.4, 0.5) is 0 Å². The number of benzene rings is 1. The van der Waals surface area contributed by atoms with Crippen molar-refractivity contribution in [3.8, 4) is 0 Å². The van der Waals surface area contributed by atoms with Crippen molar-refractivity contribution in [3.63, 3.8) is 0 Å². The topological polar surface area (TPSA) is 32.3 Å². The molecule has 1 aromatic rings. The Morgan fingerprint density at radius 2 is 2.14 bits per heavy atom. The van der Waals surface area contributed by atoms with E-state index in [2.05, 4.69) is 43.2 Å². The Labute approximate surface area is 128 Å². The van der Waals surface area contributed by atoms with Crippen LogP contribution >= 0.6 is 0 Å². The summed E-state index contributed by atoms with van der Waals surface area (Å²) in [6.07, 6.45) is 4.43. The molecule has 1 heterocycles. The first-order chi connectivity index (χ1) is 10.1. The van der Waals surface area contributed by atoms with Crippen LogP contribution in [0.2, 0.25) is 0 Å². The molecule has 0 aromatic heterocycles. The van der Waals surface area contributed by atoms with Crippen molar-refractivity contribution < 1.29 is 4.79 Å². The highest BCUT2D eigenvalue weighted by Crippen LogP contribution is 2.26. The molecule has 1 fully saturated rings. The normalized spacial score (nSPS) is 19.7. The van der Waals surface area contributed by atoms with Crippen LogP contribution in [0.3, 0.4) is 0 Å². The molecule has 0 radical (unpaired) electrons. The highest BCUT2D eigenvalue weighted by Gasteiger charge is 2.20. The van der Waals surface area contributed by atoms with Crippen molar-refractivity contribution >= 4 is 5.91 Å². The Hall–Kier alpha value is -1.35. The molecule has 1 unspecified atom stereocenters. The van der Waals surface area contributed by atoms with Gasteiger partial charge in [-0.25, -0.2) is 0 Å². The van der Waals surface area contributed by atoms with Crippen LogP contribution in [0.25, 0.3) is 0 Å².